The van der Waals surface area contributed by atoms with E-state index in [-0.39, 0.29) is 0 Å². The Bertz CT molecular complexity index is 277. The van der Waals surface area contributed by atoms with Gasteiger partial charge in [0, 0.05) is 10.9 Å². The van der Waals surface area contributed by atoms with Gasteiger partial charge in [0.1, 0.15) is 0 Å². The lowest BCUT2D eigenvalue weighted by molar-refractivity contribution is 0.414. The second kappa shape index (κ2) is 3.69. The van der Waals surface area contributed by atoms with Crippen LogP contribution in [-0.2, 0) is 4.74 Å². The first kappa shape index (κ1) is 9.04. The van der Waals surface area contributed by atoms with Crippen LogP contribution in [0.5, 0.6) is 0 Å². The Balaban J connectivity index is 2.17. The highest BCUT2D eigenvalue weighted by atomic mass is 35.5. The standard InChI is InChI=1S/C11H12ClO/c1-2-10(11-7-13-11)8-3-5-9(12)6-4-8/h3-6,11H,2,7H2,1H3. The van der Waals surface area contributed by atoms with E-state index in [2.05, 4.69) is 19.1 Å². The van der Waals surface area contributed by atoms with Gasteiger partial charge in [0.15, 0.2) is 0 Å². The molecule has 2 rings (SSSR count). The minimum absolute atomic E-state index is 0.367. The van der Waals surface area contributed by atoms with Crippen molar-refractivity contribution in [1.29, 1.82) is 0 Å². The molecule has 0 amide bonds. The van der Waals surface area contributed by atoms with E-state index < -0.39 is 0 Å². The summed E-state index contributed by atoms with van der Waals surface area (Å²) in [5.74, 6) is 1.39. The van der Waals surface area contributed by atoms with Gasteiger partial charge in [0.25, 0.3) is 0 Å². The molecule has 2 heteroatoms. The van der Waals surface area contributed by atoms with Crippen molar-refractivity contribution in [3.8, 4) is 0 Å². The number of hydrogen-bond acceptors (Lipinski definition) is 1. The molecule has 1 aromatic carbocycles. The quantitative estimate of drug-likeness (QED) is 0.676. The van der Waals surface area contributed by atoms with Crippen molar-refractivity contribution >= 4 is 11.6 Å². The van der Waals surface area contributed by atoms with Gasteiger partial charge < -0.3 is 4.74 Å². The molecule has 1 aliphatic rings. The molecule has 0 N–H and O–H groups in total. The van der Waals surface area contributed by atoms with Crippen LogP contribution in [0.1, 0.15) is 18.9 Å². The van der Waals surface area contributed by atoms with E-state index in [1.54, 1.807) is 0 Å². The average Bonchev–Trinajstić information content (AvgIpc) is 2.93. The van der Waals surface area contributed by atoms with Gasteiger partial charge in [-0.05, 0) is 24.1 Å². The molecule has 0 aliphatic carbocycles. The molecular formula is C11H12ClO. The summed E-state index contributed by atoms with van der Waals surface area (Å²) < 4.78 is 5.28. The third-order valence-electron chi connectivity index (χ3n) is 2.32. The van der Waals surface area contributed by atoms with Gasteiger partial charge >= 0.3 is 0 Å². The van der Waals surface area contributed by atoms with Gasteiger partial charge in [-0.1, -0.05) is 30.7 Å². The second-order valence-electron chi connectivity index (χ2n) is 3.21. The number of halogens is 1. The van der Waals surface area contributed by atoms with Gasteiger partial charge in [-0.2, -0.15) is 0 Å². The van der Waals surface area contributed by atoms with E-state index in [0.29, 0.717) is 6.10 Å². The fraction of sp³-hybridized carbons (Fsp3) is 0.364. The summed E-state index contributed by atoms with van der Waals surface area (Å²) >= 11 is 5.81. The zero-order chi connectivity index (χ0) is 9.26. The molecule has 1 unspecified atom stereocenters. The SMILES string of the molecule is CC[C](c1ccc(Cl)cc1)C1CO1. The van der Waals surface area contributed by atoms with Crippen molar-refractivity contribution in [1.82, 2.24) is 0 Å². The minimum Gasteiger partial charge on any atom is -0.372 e. The predicted molar refractivity (Wildman–Crippen MR) is 53.8 cm³/mol. The van der Waals surface area contributed by atoms with Crippen LogP contribution in [0.2, 0.25) is 5.02 Å². The van der Waals surface area contributed by atoms with E-state index in [1.165, 1.54) is 11.5 Å². The first-order valence-corrected chi connectivity index (χ1v) is 4.92. The Morgan fingerprint density at radius 1 is 1.46 bits per heavy atom. The summed E-state index contributed by atoms with van der Waals surface area (Å²) in [6.45, 7) is 3.04. The Labute approximate surface area is 83.7 Å². The lowest BCUT2D eigenvalue weighted by Crippen LogP contribution is -2.05. The molecule has 1 aliphatic heterocycles. The third-order valence-corrected chi connectivity index (χ3v) is 2.57. The topological polar surface area (TPSA) is 12.5 Å². The Kier molecular flexibility index (Phi) is 2.56. The highest BCUT2D eigenvalue weighted by Crippen LogP contribution is 2.31. The maximum Gasteiger partial charge on any atom is 0.0915 e. The maximum atomic E-state index is 5.81. The van der Waals surface area contributed by atoms with Crippen molar-refractivity contribution < 1.29 is 4.74 Å². The van der Waals surface area contributed by atoms with Crippen LogP contribution in [0.15, 0.2) is 24.3 Å². The highest BCUT2D eigenvalue weighted by Gasteiger charge is 2.32. The molecule has 1 atom stereocenters. The van der Waals surface area contributed by atoms with Crippen LogP contribution in [-0.4, -0.2) is 12.7 Å². The van der Waals surface area contributed by atoms with Crippen molar-refractivity contribution in [3.63, 3.8) is 0 Å². The number of benzene rings is 1. The number of epoxide rings is 1. The molecule has 1 fully saturated rings. The summed E-state index contributed by atoms with van der Waals surface area (Å²) in [4.78, 5) is 0. The Morgan fingerprint density at radius 2 is 2.08 bits per heavy atom. The second-order valence-corrected chi connectivity index (χ2v) is 3.64. The van der Waals surface area contributed by atoms with Crippen molar-refractivity contribution in [2.24, 2.45) is 0 Å². The van der Waals surface area contributed by atoms with Gasteiger partial charge in [0.2, 0.25) is 0 Å². The number of hydrogen-bond donors (Lipinski definition) is 0. The van der Waals surface area contributed by atoms with Crippen molar-refractivity contribution in [2.45, 2.75) is 19.4 Å². The zero-order valence-electron chi connectivity index (χ0n) is 7.59. The van der Waals surface area contributed by atoms with Crippen molar-refractivity contribution in [2.75, 3.05) is 6.61 Å². The first-order chi connectivity index (χ1) is 6.31. The fourth-order valence-corrected chi connectivity index (χ4v) is 1.66. The van der Waals surface area contributed by atoms with Crippen LogP contribution in [0.25, 0.3) is 0 Å². The van der Waals surface area contributed by atoms with E-state index in [0.717, 1.165) is 18.1 Å². The number of ether oxygens (including phenoxy) is 1. The van der Waals surface area contributed by atoms with Crippen LogP contribution in [0.4, 0.5) is 0 Å². The molecule has 1 radical (unpaired) electrons. The molecule has 0 saturated carbocycles. The summed E-state index contributed by atoms with van der Waals surface area (Å²) in [5, 5.41) is 0.788. The summed E-state index contributed by atoms with van der Waals surface area (Å²) in [6.07, 6.45) is 1.41. The zero-order valence-corrected chi connectivity index (χ0v) is 8.34. The Hall–Kier alpha value is -0.530. The Morgan fingerprint density at radius 3 is 2.54 bits per heavy atom. The minimum atomic E-state index is 0.367. The normalized spacial score (nSPS) is 20.7. The molecule has 1 heterocycles. The van der Waals surface area contributed by atoms with E-state index in [1.807, 2.05) is 12.1 Å². The summed E-state index contributed by atoms with van der Waals surface area (Å²) in [7, 11) is 0. The molecule has 0 spiro atoms. The molecule has 1 nitrogen and oxygen atoms in total. The maximum absolute atomic E-state index is 5.81. The predicted octanol–water partition coefficient (Wildman–Crippen LogP) is 3.07. The van der Waals surface area contributed by atoms with E-state index in [9.17, 15) is 0 Å². The smallest absolute Gasteiger partial charge is 0.0915 e. The van der Waals surface area contributed by atoms with Gasteiger partial charge in [-0.15, -0.1) is 0 Å². The van der Waals surface area contributed by atoms with Crippen molar-refractivity contribution in [3.05, 3.63) is 40.8 Å². The van der Waals surface area contributed by atoms with Crippen LogP contribution < -0.4 is 0 Å². The average molecular weight is 196 g/mol. The van der Waals surface area contributed by atoms with Gasteiger partial charge in [-0.25, -0.2) is 0 Å². The highest BCUT2D eigenvalue weighted by molar-refractivity contribution is 6.30. The largest absolute Gasteiger partial charge is 0.372 e. The van der Waals surface area contributed by atoms with Gasteiger partial charge in [-0.3, -0.25) is 0 Å². The molecule has 0 bridgehead atoms. The molecule has 1 saturated heterocycles. The molecule has 0 aromatic heterocycles. The summed E-state index contributed by atoms with van der Waals surface area (Å²) in [6, 6.07) is 7.97. The van der Waals surface area contributed by atoms with Crippen LogP contribution >= 0.6 is 11.6 Å². The molecular weight excluding hydrogens is 184 g/mol. The lowest BCUT2D eigenvalue weighted by atomic mass is 9.94. The third kappa shape index (κ3) is 2.04. The summed E-state index contributed by atoms with van der Waals surface area (Å²) in [5.41, 5.74) is 1.26. The monoisotopic (exact) mass is 195 g/mol. The first-order valence-electron chi connectivity index (χ1n) is 4.54. The lowest BCUT2D eigenvalue weighted by Gasteiger charge is -2.10. The molecule has 1 aromatic rings. The number of rotatable bonds is 3. The van der Waals surface area contributed by atoms with Gasteiger partial charge in [0.05, 0.1) is 12.7 Å². The van der Waals surface area contributed by atoms with E-state index >= 15 is 0 Å². The van der Waals surface area contributed by atoms with E-state index in [4.69, 9.17) is 16.3 Å². The molecule has 69 valence electrons. The molecule has 13 heavy (non-hydrogen) atoms. The van der Waals surface area contributed by atoms with Crippen LogP contribution in [0, 0.1) is 5.92 Å². The fourth-order valence-electron chi connectivity index (χ4n) is 1.53. The van der Waals surface area contributed by atoms with Crippen LogP contribution in [0.3, 0.4) is 0 Å².